The molecule has 0 aliphatic rings. The molecule has 3 N–H and O–H groups in total. The number of guanidine groups is 1. The minimum Gasteiger partial charge on any atom is -0.309 e. The standard InChI is InChI=1S/C21H26FN7O/c1-13(2)29-11-10-16(28-29)19(30)24-20(25-21(3,4)5)23-18-12-17(26-27-18)14-6-8-15(22)9-7-14/h6-13H,1-5H3,(H3,23,24,25,26,27,30). The third-order valence-corrected chi connectivity index (χ3v) is 4.03. The summed E-state index contributed by atoms with van der Waals surface area (Å²) < 4.78 is 14.9. The monoisotopic (exact) mass is 411 g/mol. The molecule has 3 rings (SSSR count). The lowest BCUT2D eigenvalue weighted by Gasteiger charge is -2.16. The minimum absolute atomic E-state index is 0.154. The second kappa shape index (κ2) is 8.48. The van der Waals surface area contributed by atoms with Crippen LogP contribution in [0.4, 0.5) is 10.2 Å². The number of anilines is 1. The fraction of sp³-hybridized carbons (Fsp3) is 0.333. The Morgan fingerprint density at radius 3 is 2.50 bits per heavy atom. The van der Waals surface area contributed by atoms with Gasteiger partial charge in [0.25, 0.3) is 5.91 Å². The van der Waals surface area contributed by atoms with E-state index in [4.69, 9.17) is 0 Å². The van der Waals surface area contributed by atoms with Crippen molar-refractivity contribution in [2.45, 2.75) is 46.2 Å². The molecule has 30 heavy (non-hydrogen) atoms. The van der Waals surface area contributed by atoms with Gasteiger partial charge in [-0.2, -0.15) is 10.2 Å². The van der Waals surface area contributed by atoms with Crippen molar-refractivity contribution in [2.75, 3.05) is 5.32 Å². The number of amides is 1. The molecule has 1 aromatic carbocycles. The van der Waals surface area contributed by atoms with E-state index in [0.717, 1.165) is 5.56 Å². The zero-order chi connectivity index (χ0) is 21.9. The average Bonchev–Trinajstić information content (AvgIpc) is 3.30. The van der Waals surface area contributed by atoms with Crippen LogP contribution in [-0.2, 0) is 0 Å². The van der Waals surface area contributed by atoms with Gasteiger partial charge in [0.2, 0.25) is 5.96 Å². The highest BCUT2D eigenvalue weighted by molar-refractivity contribution is 6.09. The molecule has 8 nitrogen and oxygen atoms in total. The normalized spacial score (nSPS) is 12.3. The van der Waals surface area contributed by atoms with E-state index < -0.39 is 5.54 Å². The topological polar surface area (TPSA) is 100.0 Å². The number of hydrogen-bond donors (Lipinski definition) is 3. The Labute approximate surface area is 174 Å². The molecule has 0 saturated carbocycles. The molecule has 9 heteroatoms. The number of hydrogen-bond acceptors (Lipinski definition) is 4. The van der Waals surface area contributed by atoms with Crippen molar-refractivity contribution in [1.29, 1.82) is 0 Å². The van der Waals surface area contributed by atoms with Gasteiger partial charge < -0.3 is 5.32 Å². The quantitative estimate of drug-likeness (QED) is 0.446. The van der Waals surface area contributed by atoms with Crippen molar-refractivity contribution in [3.63, 3.8) is 0 Å². The lowest BCUT2D eigenvalue weighted by Crippen LogP contribution is -2.38. The third kappa shape index (κ3) is 5.53. The Balaban J connectivity index is 1.78. The first-order valence-electron chi connectivity index (χ1n) is 9.65. The van der Waals surface area contributed by atoms with Gasteiger partial charge in [-0.1, -0.05) is 0 Å². The Morgan fingerprint density at radius 2 is 1.90 bits per heavy atom. The molecule has 3 aromatic rings. The highest BCUT2D eigenvalue weighted by Crippen LogP contribution is 2.20. The zero-order valence-corrected chi connectivity index (χ0v) is 17.7. The number of aromatic nitrogens is 4. The van der Waals surface area contributed by atoms with Crippen LogP contribution < -0.4 is 10.6 Å². The van der Waals surface area contributed by atoms with Crippen LogP contribution >= 0.6 is 0 Å². The van der Waals surface area contributed by atoms with E-state index in [2.05, 4.69) is 30.9 Å². The van der Waals surface area contributed by atoms with Crippen molar-refractivity contribution >= 4 is 17.7 Å². The van der Waals surface area contributed by atoms with Gasteiger partial charge in [-0.15, -0.1) is 0 Å². The van der Waals surface area contributed by atoms with Crippen molar-refractivity contribution in [3.8, 4) is 11.3 Å². The molecule has 0 atom stereocenters. The second-order valence-corrected chi connectivity index (χ2v) is 8.16. The summed E-state index contributed by atoms with van der Waals surface area (Å²) in [4.78, 5) is 17.2. The van der Waals surface area contributed by atoms with Crippen LogP contribution in [0.25, 0.3) is 11.3 Å². The Morgan fingerprint density at radius 1 is 1.20 bits per heavy atom. The molecular formula is C21H26FN7O. The predicted molar refractivity (Wildman–Crippen MR) is 115 cm³/mol. The molecular weight excluding hydrogens is 385 g/mol. The van der Waals surface area contributed by atoms with Crippen LogP contribution in [0.5, 0.6) is 0 Å². The maximum atomic E-state index is 13.1. The smallest absolute Gasteiger partial charge is 0.278 e. The molecule has 158 valence electrons. The minimum atomic E-state index is -0.441. The average molecular weight is 411 g/mol. The van der Waals surface area contributed by atoms with Crippen LogP contribution in [0.1, 0.15) is 51.1 Å². The van der Waals surface area contributed by atoms with Gasteiger partial charge >= 0.3 is 0 Å². The van der Waals surface area contributed by atoms with E-state index in [1.54, 1.807) is 35.1 Å². The van der Waals surface area contributed by atoms with Gasteiger partial charge in [0, 0.05) is 18.3 Å². The van der Waals surface area contributed by atoms with Crippen LogP contribution in [0.3, 0.4) is 0 Å². The molecule has 0 aliphatic carbocycles. The van der Waals surface area contributed by atoms with Gasteiger partial charge in [0.05, 0.1) is 11.2 Å². The molecule has 1 amide bonds. The number of nitrogens with zero attached hydrogens (tertiary/aromatic N) is 4. The summed E-state index contributed by atoms with van der Waals surface area (Å²) >= 11 is 0. The van der Waals surface area contributed by atoms with Crippen LogP contribution in [-0.4, -0.2) is 37.4 Å². The molecule has 0 unspecified atom stereocenters. The van der Waals surface area contributed by atoms with Gasteiger partial charge in [-0.05, 0) is 70.5 Å². The fourth-order valence-electron chi connectivity index (χ4n) is 2.63. The van der Waals surface area contributed by atoms with Crippen molar-refractivity contribution < 1.29 is 9.18 Å². The lowest BCUT2D eigenvalue weighted by molar-refractivity contribution is 0.0971. The predicted octanol–water partition coefficient (Wildman–Crippen LogP) is 3.99. The number of carbonyl (C=O) groups is 1. The Kier molecular flexibility index (Phi) is 6.00. The van der Waals surface area contributed by atoms with Crippen molar-refractivity contribution in [1.82, 2.24) is 25.3 Å². The molecule has 0 fully saturated rings. The van der Waals surface area contributed by atoms with E-state index in [1.165, 1.54) is 12.1 Å². The van der Waals surface area contributed by atoms with Gasteiger partial charge in [-0.3, -0.25) is 19.9 Å². The largest absolute Gasteiger partial charge is 0.309 e. The van der Waals surface area contributed by atoms with Crippen LogP contribution in [0.2, 0.25) is 0 Å². The van der Waals surface area contributed by atoms with Gasteiger partial charge in [0.15, 0.2) is 11.5 Å². The highest BCUT2D eigenvalue weighted by Gasteiger charge is 2.17. The lowest BCUT2D eigenvalue weighted by atomic mass is 10.1. The summed E-state index contributed by atoms with van der Waals surface area (Å²) in [6, 6.07) is 9.64. The maximum Gasteiger partial charge on any atom is 0.278 e. The van der Waals surface area contributed by atoms with E-state index in [1.807, 2.05) is 34.6 Å². The molecule has 2 heterocycles. The zero-order valence-electron chi connectivity index (χ0n) is 17.7. The summed E-state index contributed by atoms with van der Waals surface area (Å²) in [6.45, 7) is 9.73. The van der Waals surface area contributed by atoms with Gasteiger partial charge in [-0.25, -0.2) is 9.38 Å². The Hall–Kier alpha value is -3.49. The van der Waals surface area contributed by atoms with Crippen LogP contribution in [0, 0.1) is 5.82 Å². The summed E-state index contributed by atoms with van der Waals surface area (Å²) in [5.74, 6) is 0.0344. The number of nitrogens with one attached hydrogen (secondary N) is 3. The maximum absolute atomic E-state index is 13.1. The van der Waals surface area contributed by atoms with E-state index in [9.17, 15) is 9.18 Å². The molecule has 0 radical (unpaired) electrons. The molecule has 0 saturated heterocycles. The van der Waals surface area contributed by atoms with Crippen molar-refractivity contribution in [3.05, 3.63) is 54.1 Å². The molecule has 0 aliphatic heterocycles. The Bertz CT molecular complexity index is 1040. The van der Waals surface area contributed by atoms with E-state index >= 15 is 0 Å². The number of H-pyrrole nitrogens is 1. The van der Waals surface area contributed by atoms with Gasteiger partial charge in [0.1, 0.15) is 5.82 Å². The summed E-state index contributed by atoms with van der Waals surface area (Å²) in [7, 11) is 0. The number of aliphatic imine (C=N–C) groups is 1. The second-order valence-electron chi connectivity index (χ2n) is 8.16. The van der Waals surface area contributed by atoms with Crippen LogP contribution in [0.15, 0.2) is 47.6 Å². The first-order chi connectivity index (χ1) is 14.1. The van der Waals surface area contributed by atoms with E-state index in [0.29, 0.717) is 17.2 Å². The molecule has 0 spiro atoms. The third-order valence-electron chi connectivity index (χ3n) is 4.03. The summed E-state index contributed by atoms with van der Waals surface area (Å²) in [5, 5.41) is 17.2. The number of aromatic amines is 1. The highest BCUT2D eigenvalue weighted by atomic mass is 19.1. The first kappa shape index (κ1) is 21.2. The summed E-state index contributed by atoms with van der Waals surface area (Å²) in [6.07, 6.45) is 1.76. The SMILES string of the molecule is CC(C)n1ccc(C(=O)NC(=NC(C)(C)C)Nc2cc(-c3ccc(F)cc3)[nH]n2)n1. The molecule has 2 aromatic heterocycles. The number of carbonyl (C=O) groups excluding carboxylic acids is 1. The fourth-order valence-corrected chi connectivity index (χ4v) is 2.63. The van der Waals surface area contributed by atoms with E-state index in [-0.39, 0.29) is 23.7 Å². The first-order valence-corrected chi connectivity index (χ1v) is 9.65. The molecule has 0 bridgehead atoms. The number of rotatable bonds is 4. The van der Waals surface area contributed by atoms with Crippen molar-refractivity contribution in [2.24, 2.45) is 4.99 Å². The number of benzene rings is 1. The summed E-state index contributed by atoms with van der Waals surface area (Å²) in [5.41, 5.74) is 1.34. The number of halogens is 1.